The number of hydrogen-bond donors (Lipinski definition) is 0. The largest absolute Gasteiger partial charge is 0.375 e. The standard InChI is InChI=1S/C18H21ClN4O2/c1-13-4-3-5-20-18(13)14-10-16(21-11-15(14)19)22-6-8-23(9-7-22)17(24)12-25-2/h3-5,10-11H,6-9,12H2,1-2H3. The monoisotopic (exact) mass is 360 g/mol. The van der Waals surface area contributed by atoms with Crippen LogP contribution >= 0.6 is 11.6 Å². The first-order valence-electron chi connectivity index (χ1n) is 8.19. The molecule has 0 bridgehead atoms. The van der Waals surface area contributed by atoms with E-state index in [1.165, 1.54) is 7.11 Å². The molecule has 0 saturated carbocycles. The number of piperazine rings is 1. The van der Waals surface area contributed by atoms with Gasteiger partial charge in [-0.3, -0.25) is 9.78 Å². The lowest BCUT2D eigenvalue weighted by atomic mass is 10.1. The zero-order valence-corrected chi connectivity index (χ0v) is 15.2. The Morgan fingerprint density at radius 3 is 2.72 bits per heavy atom. The molecule has 3 heterocycles. The van der Waals surface area contributed by atoms with Gasteiger partial charge in [0, 0.05) is 51.2 Å². The molecule has 1 aliphatic rings. The Bertz CT molecular complexity index is 760. The van der Waals surface area contributed by atoms with Crippen molar-refractivity contribution in [3.05, 3.63) is 41.2 Å². The summed E-state index contributed by atoms with van der Waals surface area (Å²) >= 11 is 6.35. The molecule has 25 heavy (non-hydrogen) atoms. The van der Waals surface area contributed by atoms with Crippen molar-refractivity contribution in [2.45, 2.75) is 6.92 Å². The first-order valence-corrected chi connectivity index (χ1v) is 8.57. The molecule has 0 aliphatic carbocycles. The number of amides is 1. The van der Waals surface area contributed by atoms with Crippen LogP contribution in [0, 0.1) is 6.92 Å². The maximum absolute atomic E-state index is 11.9. The molecular weight excluding hydrogens is 340 g/mol. The number of ether oxygens (including phenoxy) is 1. The maximum atomic E-state index is 11.9. The molecule has 7 heteroatoms. The molecule has 0 aromatic carbocycles. The maximum Gasteiger partial charge on any atom is 0.248 e. The first-order chi connectivity index (χ1) is 12.1. The highest BCUT2D eigenvalue weighted by atomic mass is 35.5. The van der Waals surface area contributed by atoms with E-state index in [1.807, 2.05) is 30.0 Å². The molecule has 0 spiro atoms. The summed E-state index contributed by atoms with van der Waals surface area (Å²) in [5, 5.41) is 0.583. The number of carbonyl (C=O) groups is 1. The van der Waals surface area contributed by atoms with Gasteiger partial charge in [0.2, 0.25) is 5.91 Å². The van der Waals surface area contributed by atoms with E-state index in [9.17, 15) is 4.79 Å². The van der Waals surface area contributed by atoms with E-state index in [0.29, 0.717) is 18.1 Å². The smallest absolute Gasteiger partial charge is 0.248 e. The molecule has 0 N–H and O–H groups in total. The van der Waals surface area contributed by atoms with Gasteiger partial charge in [-0.15, -0.1) is 0 Å². The minimum absolute atomic E-state index is 0.0241. The fourth-order valence-corrected chi connectivity index (χ4v) is 3.14. The van der Waals surface area contributed by atoms with Gasteiger partial charge in [0.1, 0.15) is 12.4 Å². The normalized spacial score (nSPS) is 14.7. The molecular formula is C18H21ClN4O2. The predicted octanol–water partition coefficient (Wildman–Crippen LogP) is 2.40. The van der Waals surface area contributed by atoms with E-state index < -0.39 is 0 Å². The van der Waals surface area contributed by atoms with Gasteiger partial charge in [-0.25, -0.2) is 4.98 Å². The number of halogens is 1. The molecule has 1 fully saturated rings. The van der Waals surface area contributed by atoms with Crippen molar-refractivity contribution in [1.82, 2.24) is 14.9 Å². The van der Waals surface area contributed by atoms with E-state index in [2.05, 4.69) is 14.9 Å². The summed E-state index contributed by atoms with van der Waals surface area (Å²) in [6, 6.07) is 5.90. The summed E-state index contributed by atoms with van der Waals surface area (Å²) < 4.78 is 4.92. The molecule has 2 aromatic rings. The topological polar surface area (TPSA) is 58.6 Å². The Balaban J connectivity index is 1.78. The number of hydrogen-bond acceptors (Lipinski definition) is 5. The van der Waals surface area contributed by atoms with Crippen LogP contribution in [0.15, 0.2) is 30.6 Å². The average Bonchev–Trinajstić information content (AvgIpc) is 2.63. The number of rotatable bonds is 4. The second kappa shape index (κ2) is 7.80. The van der Waals surface area contributed by atoms with E-state index in [1.54, 1.807) is 12.4 Å². The Morgan fingerprint density at radius 2 is 2.04 bits per heavy atom. The third kappa shape index (κ3) is 3.91. The second-order valence-electron chi connectivity index (χ2n) is 5.99. The van der Waals surface area contributed by atoms with Crippen molar-refractivity contribution in [2.75, 3.05) is 44.8 Å². The minimum atomic E-state index is 0.0241. The Kier molecular flexibility index (Phi) is 5.50. The summed E-state index contributed by atoms with van der Waals surface area (Å²) in [6.45, 7) is 4.91. The molecule has 6 nitrogen and oxygen atoms in total. The number of aromatic nitrogens is 2. The van der Waals surface area contributed by atoms with Gasteiger partial charge in [0.05, 0.1) is 10.7 Å². The van der Waals surface area contributed by atoms with Crippen molar-refractivity contribution in [1.29, 1.82) is 0 Å². The molecule has 1 aliphatic heterocycles. The quantitative estimate of drug-likeness (QED) is 0.838. The Hall–Kier alpha value is -2.18. The Morgan fingerprint density at radius 1 is 1.28 bits per heavy atom. The van der Waals surface area contributed by atoms with E-state index in [-0.39, 0.29) is 12.5 Å². The van der Waals surface area contributed by atoms with Gasteiger partial charge >= 0.3 is 0 Å². The van der Waals surface area contributed by atoms with E-state index in [0.717, 1.165) is 35.7 Å². The van der Waals surface area contributed by atoms with Crippen molar-refractivity contribution in [3.63, 3.8) is 0 Å². The highest BCUT2D eigenvalue weighted by Gasteiger charge is 2.22. The summed E-state index contributed by atoms with van der Waals surface area (Å²) in [4.78, 5) is 24.8. The Labute approximate surface area is 152 Å². The van der Waals surface area contributed by atoms with E-state index in [4.69, 9.17) is 16.3 Å². The summed E-state index contributed by atoms with van der Waals surface area (Å²) in [5.74, 6) is 0.874. The van der Waals surface area contributed by atoms with Crippen LogP contribution in [0.3, 0.4) is 0 Å². The lowest BCUT2D eigenvalue weighted by Gasteiger charge is -2.35. The van der Waals surface area contributed by atoms with Crippen molar-refractivity contribution in [3.8, 4) is 11.3 Å². The average molecular weight is 361 g/mol. The van der Waals surface area contributed by atoms with Crippen LogP contribution in [0.5, 0.6) is 0 Å². The fourth-order valence-electron chi connectivity index (χ4n) is 2.95. The zero-order chi connectivity index (χ0) is 17.8. The lowest BCUT2D eigenvalue weighted by Crippen LogP contribution is -2.50. The van der Waals surface area contributed by atoms with Crippen molar-refractivity contribution >= 4 is 23.3 Å². The predicted molar refractivity (Wildman–Crippen MR) is 97.9 cm³/mol. The highest BCUT2D eigenvalue weighted by molar-refractivity contribution is 6.33. The van der Waals surface area contributed by atoms with Crippen LogP contribution in [-0.2, 0) is 9.53 Å². The third-order valence-electron chi connectivity index (χ3n) is 4.33. The van der Waals surface area contributed by atoms with Gasteiger partial charge in [0.15, 0.2) is 0 Å². The number of pyridine rings is 2. The van der Waals surface area contributed by atoms with Crippen LogP contribution < -0.4 is 4.90 Å². The van der Waals surface area contributed by atoms with Crippen molar-refractivity contribution < 1.29 is 9.53 Å². The van der Waals surface area contributed by atoms with Crippen LogP contribution in [0.1, 0.15) is 5.56 Å². The van der Waals surface area contributed by atoms with Gasteiger partial charge < -0.3 is 14.5 Å². The van der Waals surface area contributed by atoms with Gasteiger partial charge in [-0.1, -0.05) is 17.7 Å². The van der Waals surface area contributed by atoms with Crippen LogP contribution in [0.2, 0.25) is 5.02 Å². The third-order valence-corrected chi connectivity index (χ3v) is 4.63. The lowest BCUT2D eigenvalue weighted by molar-refractivity contribution is -0.135. The number of anilines is 1. The molecule has 0 unspecified atom stereocenters. The van der Waals surface area contributed by atoms with Crippen LogP contribution in [0.4, 0.5) is 5.82 Å². The van der Waals surface area contributed by atoms with E-state index >= 15 is 0 Å². The van der Waals surface area contributed by atoms with Gasteiger partial charge in [-0.05, 0) is 24.6 Å². The first kappa shape index (κ1) is 17.6. The van der Waals surface area contributed by atoms with Crippen LogP contribution in [-0.4, -0.2) is 60.7 Å². The number of nitrogens with zero attached hydrogens (tertiary/aromatic N) is 4. The second-order valence-corrected chi connectivity index (χ2v) is 6.40. The van der Waals surface area contributed by atoms with Crippen LogP contribution in [0.25, 0.3) is 11.3 Å². The molecule has 3 rings (SSSR count). The summed E-state index contributed by atoms with van der Waals surface area (Å²) in [6.07, 6.45) is 3.43. The SMILES string of the molecule is COCC(=O)N1CCN(c2cc(-c3ncccc3C)c(Cl)cn2)CC1. The molecule has 0 radical (unpaired) electrons. The summed E-state index contributed by atoms with van der Waals surface area (Å²) in [7, 11) is 1.53. The zero-order valence-electron chi connectivity index (χ0n) is 14.4. The number of methoxy groups -OCH3 is 1. The van der Waals surface area contributed by atoms with Gasteiger partial charge in [0.25, 0.3) is 0 Å². The fraction of sp³-hybridized carbons (Fsp3) is 0.389. The molecule has 1 saturated heterocycles. The molecule has 0 atom stereocenters. The van der Waals surface area contributed by atoms with Crippen molar-refractivity contribution in [2.24, 2.45) is 0 Å². The molecule has 132 valence electrons. The highest BCUT2D eigenvalue weighted by Crippen LogP contribution is 2.31. The number of carbonyl (C=O) groups excluding carboxylic acids is 1. The summed E-state index contributed by atoms with van der Waals surface area (Å²) in [5.41, 5.74) is 2.81. The molecule has 1 amide bonds. The van der Waals surface area contributed by atoms with Gasteiger partial charge in [-0.2, -0.15) is 0 Å². The minimum Gasteiger partial charge on any atom is -0.375 e. The molecule has 2 aromatic heterocycles. The number of aryl methyl sites for hydroxylation is 1.